The van der Waals surface area contributed by atoms with Crippen LogP contribution in [0.5, 0.6) is 0 Å². The summed E-state index contributed by atoms with van der Waals surface area (Å²) in [4.78, 5) is 14.1. The fourth-order valence-electron chi connectivity index (χ4n) is 2.54. The first-order valence-corrected chi connectivity index (χ1v) is 6.10. The molecule has 2 rings (SSSR count). The Balaban J connectivity index is 2.13. The van der Waals surface area contributed by atoms with Gasteiger partial charge in [0, 0.05) is 6.04 Å². The lowest BCUT2D eigenvalue weighted by atomic mass is 10.1. The molecule has 1 N–H and O–H groups in total. The molecule has 1 amide bonds. The van der Waals surface area contributed by atoms with Gasteiger partial charge in [0.25, 0.3) is 0 Å². The zero-order valence-corrected chi connectivity index (χ0v) is 10.2. The van der Waals surface area contributed by atoms with E-state index < -0.39 is 0 Å². The first-order valence-electron chi connectivity index (χ1n) is 6.10. The molecular weight excluding hydrogens is 188 g/mol. The van der Waals surface area contributed by atoms with Crippen molar-refractivity contribution < 1.29 is 4.79 Å². The summed E-state index contributed by atoms with van der Waals surface area (Å²) in [6.07, 6.45) is 2.83. The van der Waals surface area contributed by atoms with Crippen LogP contribution in [0.1, 0.15) is 40.5 Å². The van der Waals surface area contributed by atoms with Crippen LogP contribution in [0.2, 0.25) is 0 Å². The summed E-state index contributed by atoms with van der Waals surface area (Å²) in [5.41, 5.74) is 0. The zero-order valence-electron chi connectivity index (χ0n) is 10.2. The molecular formula is C12H22N2O. The highest BCUT2D eigenvalue weighted by Gasteiger charge is 2.44. The van der Waals surface area contributed by atoms with E-state index in [9.17, 15) is 4.79 Å². The second-order valence-corrected chi connectivity index (χ2v) is 5.40. The molecule has 3 atom stereocenters. The van der Waals surface area contributed by atoms with Gasteiger partial charge in [0.15, 0.2) is 0 Å². The Morgan fingerprint density at radius 1 is 1.33 bits per heavy atom. The van der Waals surface area contributed by atoms with E-state index in [0.717, 1.165) is 5.92 Å². The Morgan fingerprint density at radius 2 is 1.93 bits per heavy atom. The van der Waals surface area contributed by atoms with Crippen molar-refractivity contribution in [3.05, 3.63) is 0 Å². The fraction of sp³-hybridized carbons (Fsp3) is 0.917. The molecule has 3 unspecified atom stereocenters. The normalized spacial score (nSPS) is 33.9. The average molecular weight is 210 g/mol. The molecule has 1 saturated heterocycles. The van der Waals surface area contributed by atoms with Crippen LogP contribution < -0.4 is 5.32 Å². The molecule has 0 bridgehead atoms. The minimum atomic E-state index is -0.00130. The predicted molar refractivity (Wildman–Crippen MR) is 60.3 cm³/mol. The van der Waals surface area contributed by atoms with Crippen molar-refractivity contribution in [3.8, 4) is 0 Å². The van der Waals surface area contributed by atoms with Crippen LogP contribution in [0.3, 0.4) is 0 Å². The fourth-order valence-corrected chi connectivity index (χ4v) is 2.54. The topological polar surface area (TPSA) is 32.3 Å². The van der Waals surface area contributed by atoms with Gasteiger partial charge in [-0.15, -0.1) is 0 Å². The van der Waals surface area contributed by atoms with Crippen molar-refractivity contribution in [3.63, 3.8) is 0 Å². The molecule has 0 aromatic carbocycles. The maximum atomic E-state index is 12.1. The second-order valence-electron chi connectivity index (χ2n) is 5.40. The minimum absolute atomic E-state index is 0.00130. The van der Waals surface area contributed by atoms with Gasteiger partial charge in [-0.1, -0.05) is 13.8 Å². The molecule has 1 aliphatic heterocycles. The zero-order chi connectivity index (χ0) is 11.2. The van der Waals surface area contributed by atoms with E-state index in [1.54, 1.807) is 0 Å². The molecule has 0 aromatic rings. The molecule has 1 aliphatic carbocycles. The number of nitrogens with one attached hydrogen (secondary N) is 1. The summed E-state index contributed by atoms with van der Waals surface area (Å²) in [5, 5.41) is 3.39. The van der Waals surface area contributed by atoms with Crippen molar-refractivity contribution in [1.29, 1.82) is 0 Å². The number of hydrogen-bond acceptors (Lipinski definition) is 2. The molecule has 0 radical (unpaired) electrons. The number of carbonyl (C=O) groups is 1. The lowest BCUT2D eigenvalue weighted by molar-refractivity contribution is -0.132. The van der Waals surface area contributed by atoms with Gasteiger partial charge in [-0.25, -0.2) is 0 Å². The summed E-state index contributed by atoms with van der Waals surface area (Å²) < 4.78 is 0. The van der Waals surface area contributed by atoms with Crippen LogP contribution in [0.15, 0.2) is 0 Å². The minimum Gasteiger partial charge on any atom is -0.323 e. The SMILES string of the molecule is CC1NC(C(C)C)N(C(C)C2CC2)C1=O. The van der Waals surface area contributed by atoms with Crippen molar-refractivity contribution >= 4 is 5.91 Å². The van der Waals surface area contributed by atoms with Crippen LogP contribution >= 0.6 is 0 Å². The van der Waals surface area contributed by atoms with Crippen molar-refractivity contribution in [1.82, 2.24) is 10.2 Å². The Kier molecular flexibility index (Phi) is 2.75. The van der Waals surface area contributed by atoms with Gasteiger partial charge in [0.2, 0.25) is 5.91 Å². The Labute approximate surface area is 92.2 Å². The van der Waals surface area contributed by atoms with E-state index in [2.05, 4.69) is 31.0 Å². The van der Waals surface area contributed by atoms with Crippen LogP contribution in [-0.4, -0.2) is 29.1 Å². The van der Waals surface area contributed by atoms with Crippen LogP contribution in [0.4, 0.5) is 0 Å². The summed E-state index contributed by atoms with van der Waals surface area (Å²) in [5.74, 6) is 1.52. The van der Waals surface area contributed by atoms with E-state index in [0.29, 0.717) is 12.0 Å². The van der Waals surface area contributed by atoms with Gasteiger partial charge in [-0.05, 0) is 38.5 Å². The number of rotatable bonds is 3. The van der Waals surface area contributed by atoms with E-state index in [1.807, 2.05) is 6.92 Å². The molecule has 3 heteroatoms. The first-order chi connectivity index (χ1) is 7.02. The lowest BCUT2D eigenvalue weighted by Crippen LogP contribution is -2.47. The van der Waals surface area contributed by atoms with E-state index in [-0.39, 0.29) is 18.1 Å². The molecule has 2 aliphatic rings. The number of amides is 1. The third kappa shape index (κ3) is 1.89. The molecule has 1 saturated carbocycles. The van der Waals surface area contributed by atoms with Crippen molar-refractivity contribution in [2.75, 3.05) is 0 Å². The van der Waals surface area contributed by atoms with Gasteiger partial charge in [0.1, 0.15) is 0 Å². The summed E-state index contributed by atoms with van der Waals surface area (Å²) in [6.45, 7) is 8.52. The van der Waals surface area contributed by atoms with Gasteiger partial charge >= 0.3 is 0 Å². The van der Waals surface area contributed by atoms with Crippen molar-refractivity contribution in [2.24, 2.45) is 11.8 Å². The summed E-state index contributed by atoms with van der Waals surface area (Å²) in [7, 11) is 0. The second kappa shape index (κ2) is 3.78. The Bertz CT molecular complexity index is 260. The lowest BCUT2D eigenvalue weighted by Gasteiger charge is -2.32. The molecule has 1 heterocycles. The standard InChI is InChI=1S/C12H22N2O/c1-7(2)11-13-8(3)12(15)14(11)9(4)10-5-6-10/h7-11,13H,5-6H2,1-4H3. The van der Waals surface area contributed by atoms with Gasteiger partial charge in [-0.2, -0.15) is 0 Å². The molecule has 15 heavy (non-hydrogen) atoms. The Morgan fingerprint density at radius 3 is 2.40 bits per heavy atom. The van der Waals surface area contributed by atoms with Crippen molar-refractivity contribution in [2.45, 2.75) is 58.8 Å². The average Bonchev–Trinajstić information content (AvgIpc) is 2.95. The van der Waals surface area contributed by atoms with E-state index in [4.69, 9.17) is 0 Å². The highest BCUT2D eigenvalue weighted by Crippen LogP contribution is 2.37. The third-order valence-corrected chi connectivity index (χ3v) is 3.72. The highest BCUT2D eigenvalue weighted by molar-refractivity contribution is 5.84. The first kappa shape index (κ1) is 10.9. The smallest absolute Gasteiger partial charge is 0.240 e. The largest absolute Gasteiger partial charge is 0.323 e. The highest BCUT2D eigenvalue weighted by atomic mass is 16.2. The van der Waals surface area contributed by atoms with E-state index >= 15 is 0 Å². The van der Waals surface area contributed by atoms with E-state index in [1.165, 1.54) is 12.8 Å². The van der Waals surface area contributed by atoms with Crippen LogP contribution in [0, 0.1) is 11.8 Å². The maximum absolute atomic E-state index is 12.1. The third-order valence-electron chi connectivity index (χ3n) is 3.72. The summed E-state index contributed by atoms with van der Waals surface area (Å²) >= 11 is 0. The van der Waals surface area contributed by atoms with Crippen LogP contribution in [-0.2, 0) is 4.79 Å². The van der Waals surface area contributed by atoms with Gasteiger partial charge < -0.3 is 4.90 Å². The maximum Gasteiger partial charge on any atom is 0.240 e. The van der Waals surface area contributed by atoms with Gasteiger partial charge in [0.05, 0.1) is 12.2 Å². The van der Waals surface area contributed by atoms with Gasteiger partial charge in [-0.3, -0.25) is 10.1 Å². The molecule has 0 aromatic heterocycles. The predicted octanol–water partition coefficient (Wildman–Crippen LogP) is 1.59. The molecule has 2 fully saturated rings. The number of carbonyl (C=O) groups excluding carboxylic acids is 1. The monoisotopic (exact) mass is 210 g/mol. The molecule has 0 spiro atoms. The molecule has 3 nitrogen and oxygen atoms in total. The summed E-state index contributed by atoms with van der Waals surface area (Å²) in [6, 6.07) is 0.418. The Hall–Kier alpha value is -0.570. The molecule has 86 valence electrons. The number of hydrogen-bond donors (Lipinski definition) is 1. The van der Waals surface area contributed by atoms with Crippen LogP contribution in [0.25, 0.3) is 0 Å². The number of nitrogens with zero attached hydrogens (tertiary/aromatic N) is 1. The quantitative estimate of drug-likeness (QED) is 0.767.